The first-order chi connectivity index (χ1) is 13.4. The van der Waals surface area contributed by atoms with Crippen molar-refractivity contribution >= 4 is 51.2 Å². The Morgan fingerprint density at radius 3 is 2.82 bits per heavy atom. The van der Waals surface area contributed by atoms with Gasteiger partial charge in [0, 0.05) is 30.6 Å². The predicted molar refractivity (Wildman–Crippen MR) is 115 cm³/mol. The molecule has 0 radical (unpaired) electrons. The highest BCUT2D eigenvalue weighted by Crippen LogP contribution is 2.34. The summed E-state index contributed by atoms with van der Waals surface area (Å²) in [4.78, 5) is 9.67. The number of rotatable bonds is 7. The molecule has 0 saturated heterocycles. The Balaban J connectivity index is 1.54. The molecule has 1 aliphatic rings. The molecule has 8 heteroatoms. The minimum atomic E-state index is -1.17. The summed E-state index contributed by atoms with van der Waals surface area (Å²) in [5.74, 6) is 2.75. The first kappa shape index (κ1) is 19.8. The van der Waals surface area contributed by atoms with Crippen LogP contribution in [0.25, 0.3) is 11.0 Å². The number of benzene rings is 1. The molecule has 1 aromatic carbocycles. The van der Waals surface area contributed by atoms with Crippen molar-refractivity contribution < 1.29 is 4.55 Å². The lowest BCUT2D eigenvalue weighted by atomic mass is 10.2. The van der Waals surface area contributed by atoms with Crippen LogP contribution in [0.15, 0.2) is 29.3 Å². The van der Waals surface area contributed by atoms with Crippen LogP contribution in [0.1, 0.15) is 30.7 Å². The van der Waals surface area contributed by atoms with E-state index in [-0.39, 0.29) is 0 Å². The SMILES string of the molecule is Cc1cnc(N)c2nc(CC3CC3)n(CCC[S+]([O-])c3ccc(Cl)cc3Cl)c12. The van der Waals surface area contributed by atoms with Crippen LogP contribution in [-0.4, -0.2) is 24.8 Å². The topological polar surface area (TPSA) is 79.8 Å². The molecule has 0 aliphatic heterocycles. The lowest BCUT2D eigenvalue weighted by Gasteiger charge is -2.14. The van der Waals surface area contributed by atoms with Crippen molar-refractivity contribution in [2.24, 2.45) is 5.92 Å². The summed E-state index contributed by atoms with van der Waals surface area (Å²) in [6.07, 6.45) is 6.02. The van der Waals surface area contributed by atoms with Gasteiger partial charge >= 0.3 is 0 Å². The van der Waals surface area contributed by atoms with Crippen LogP contribution in [0.2, 0.25) is 10.0 Å². The first-order valence-electron chi connectivity index (χ1n) is 9.37. The maximum Gasteiger partial charge on any atom is 0.171 e. The Bertz CT molecular complexity index is 1020. The van der Waals surface area contributed by atoms with E-state index in [4.69, 9.17) is 33.9 Å². The molecule has 2 N–H and O–H groups in total. The maximum absolute atomic E-state index is 12.7. The Kier molecular flexibility index (Phi) is 5.74. The third-order valence-corrected chi connectivity index (χ3v) is 7.24. The summed E-state index contributed by atoms with van der Waals surface area (Å²) in [7, 11) is 0. The van der Waals surface area contributed by atoms with Gasteiger partial charge in [-0.1, -0.05) is 23.2 Å². The van der Waals surface area contributed by atoms with E-state index in [0.717, 1.165) is 41.8 Å². The molecular weight excluding hydrogens is 415 g/mol. The highest BCUT2D eigenvalue weighted by molar-refractivity contribution is 7.91. The number of hydrogen-bond acceptors (Lipinski definition) is 4. The summed E-state index contributed by atoms with van der Waals surface area (Å²) >= 11 is 11.0. The average Bonchev–Trinajstić information content (AvgIpc) is 3.38. The van der Waals surface area contributed by atoms with Crippen LogP contribution >= 0.6 is 23.2 Å². The monoisotopic (exact) mass is 436 g/mol. The molecule has 3 aromatic rings. The van der Waals surface area contributed by atoms with E-state index in [9.17, 15) is 4.55 Å². The number of anilines is 1. The van der Waals surface area contributed by atoms with Gasteiger partial charge in [-0.05, 0) is 60.6 Å². The largest absolute Gasteiger partial charge is 0.611 e. The molecule has 0 bridgehead atoms. The van der Waals surface area contributed by atoms with Crippen molar-refractivity contribution in [3.8, 4) is 0 Å². The number of fused-ring (bicyclic) bond motifs is 1. The zero-order chi connectivity index (χ0) is 19.8. The van der Waals surface area contributed by atoms with E-state index in [1.807, 2.05) is 6.92 Å². The third-order valence-electron chi connectivity index (χ3n) is 5.08. The minimum Gasteiger partial charge on any atom is -0.611 e. The van der Waals surface area contributed by atoms with Crippen molar-refractivity contribution in [1.82, 2.24) is 14.5 Å². The van der Waals surface area contributed by atoms with Gasteiger partial charge in [-0.15, -0.1) is 0 Å². The van der Waals surface area contributed by atoms with E-state index in [0.29, 0.717) is 32.4 Å². The molecular formula is C20H22Cl2N4OS. The highest BCUT2D eigenvalue weighted by atomic mass is 35.5. The smallest absolute Gasteiger partial charge is 0.171 e. The van der Waals surface area contributed by atoms with E-state index in [1.54, 1.807) is 24.4 Å². The molecule has 1 saturated carbocycles. The molecule has 5 nitrogen and oxygen atoms in total. The summed E-state index contributed by atoms with van der Waals surface area (Å²) in [6.45, 7) is 2.76. The number of nitrogens with two attached hydrogens (primary N) is 1. The first-order valence-corrected chi connectivity index (χ1v) is 11.4. The molecule has 148 valence electrons. The molecule has 0 amide bonds. The van der Waals surface area contributed by atoms with Crippen molar-refractivity contribution in [2.75, 3.05) is 11.5 Å². The molecule has 4 rings (SSSR count). The predicted octanol–water partition coefficient (Wildman–Crippen LogP) is 4.78. The molecule has 2 heterocycles. The van der Waals surface area contributed by atoms with Gasteiger partial charge in [0.2, 0.25) is 0 Å². The van der Waals surface area contributed by atoms with Gasteiger partial charge in [0.15, 0.2) is 10.7 Å². The van der Waals surface area contributed by atoms with Crippen LogP contribution in [-0.2, 0) is 24.1 Å². The number of halogens is 2. The van der Waals surface area contributed by atoms with Crippen LogP contribution < -0.4 is 5.73 Å². The summed E-state index contributed by atoms with van der Waals surface area (Å²) in [5, 5.41) is 0.991. The summed E-state index contributed by atoms with van der Waals surface area (Å²) < 4.78 is 14.9. The second-order valence-electron chi connectivity index (χ2n) is 7.33. The fourth-order valence-corrected chi connectivity index (χ4v) is 5.24. The molecule has 0 spiro atoms. The van der Waals surface area contributed by atoms with Crippen molar-refractivity contribution in [3.05, 3.63) is 45.8 Å². The lowest BCUT2D eigenvalue weighted by Crippen LogP contribution is -2.12. The molecule has 1 aliphatic carbocycles. The van der Waals surface area contributed by atoms with Gasteiger partial charge in [-0.25, -0.2) is 9.97 Å². The number of pyridine rings is 1. The Morgan fingerprint density at radius 1 is 1.32 bits per heavy atom. The quantitative estimate of drug-likeness (QED) is 0.540. The standard InChI is InChI=1S/C20H22Cl2N4OS/c1-12-11-24-20(23)18-19(12)26(17(25-18)9-13-3-4-13)7-2-8-28(27)16-6-5-14(21)10-15(16)22/h5-6,10-11,13H,2-4,7-9H2,1H3,(H2,23,24). The molecule has 28 heavy (non-hydrogen) atoms. The van der Waals surface area contributed by atoms with Crippen molar-refractivity contribution in [2.45, 2.75) is 44.0 Å². The van der Waals surface area contributed by atoms with Crippen LogP contribution in [0.3, 0.4) is 0 Å². The summed E-state index contributed by atoms with van der Waals surface area (Å²) in [6, 6.07) is 5.09. The van der Waals surface area contributed by atoms with E-state index < -0.39 is 11.2 Å². The van der Waals surface area contributed by atoms with Gasteiger partial charge in [0.05, 0.1) is 10.5 Å². The number of nitrogens with zero attached hydrogens (tertiary/aromatic N) is 3. The van der Waals surface area contributed by atoms with Crippen molar-refractivity contribution in [3.63, 3.8) is 0 Å². The van der Waals surface area contributed by atoms with Crippen LogP contribution in [0.5, 0.6) is 0 Å². The summed E-state index contributed by atoms with van der Waals surface area (Å²) in [5.41, 5.74) is 8.95. The Hall–Kier alpha value is -1.47. The fraction of sp³-hybridized carbons (Fsp3) is 0.400. The van der Waals surface area contributed by atoms with Gasteiger partial charge in [-0.3, -0.25) is 0 Å². The van der Waals surface area contributed by atoms with Crippen LogP contribution in [0, 0.1) is 12.8 Å². The van der Waals surface area contributed by atoms with Gasteiger partial charge in [-0.2, -0.15) is 0 Å². The van der Waals surface area contributed by atoms with Crippen molar-refractivity contribution in [1.29, 1.82) is 0 Å². The molecule has 1 fully saturated rings. The second kappa shape index (κ2) is 8.11. The maximum atomic E-state index is 12.7. The van der Waals surface area contributed by atoms with Gasteiger partial charge < -0.3 is 14.9 Å². The normalized spacial score (nSPS) is 15.3. The fourth-order valence-electron chi connectivity index (χ4n) is 3.47. The molecule has 2 aromatic heterocycles. The highest BCUT2D eigenvalue weighted by Gasteiger charge is 2.26. The zero-order valence-corrected chi connectivity index (χ0v) is 17.9. The third kappa shape index (κ3) is 4.10. The molecule has 1 atom stereocenters. The minimum absolute atomic E-state index is 0.447. The number of aryl methyl sites for hydroxylation is 2. The van der Waals surface area contributed by atoms with Gasteiger partial charge in [0.25, 0.3) is 0 Å². The Morgan fingerprint density at radius 2 is 2.11 bits per heavy atom. The number of hydrogen-bond donors (Lipinski definition) is 1. The number of aromatic nitrogens is 3. The van der Waals surface area contributed by atoms with Crippen LogP contribution in [0.4, 0.5) is 5.82 Å². The van der Waals surface area contributed by atoms with Gasteiger partial charge in [0.1, 0.15) is 17.1 Å². The number of imidazole rings is 1. The second-order valence-corrected chi connectivity index (χ2v) is 9.71. The molecule has 1 unspecified atom stereocenters. The van der Waals surface area contributed by atoms with E-state index in [1.165, 1.54) is 12.8 Å². The van der Waals surface area contributed by atoms with E-state index >= 15 is 0 Å². The zero-order valence-electron chi connectivity index (χ0n) is 15.6. The lowest BCUT2D eigenvalue weighted by molar-refractivity contribution is 0.581. The van der Waals surface area contributed by atoms with E-state index in [2.05, 4.69) is 9.55 Å². The average molecular weight is 437 g/mol. The Labute approximate surface area is 177 Å². The number of nitrogen functional groups attached to an aromatic ring is 1.